The largest absolute Gasteiger partial charge is 0.372 e. The molecule has 0 saturated heterocycles. The predicted octanol–water partition coefficient (Wildman–Crippen LogP) is 3.27. The molecule has 2 heterocycles. The number of halogens is 1. The van der Waals surface area contributed by atoms with E-state index in [0.717, 1.165) is 11.1 Å². The zero-order valence-electron chi connectivity index (χ0n) is 19.5. The summed E-state index contributed by atoms with van der Waals surface area (Å²) >= 11 is 6.28. The van der Waals surface area contributed by atoms with E-state index >= 15 is 0 Å². The van der Waals surface area contributed by atoms with E-state index < -0.39 is 19.1 Å². The van der Waals surface area contributed by atoms with Gasteiger partial charge in [-0.2, -0.15) is 5.26 Å². The number of aromatic nitrogens is 1. The lowest BCUT2D eigenvalue weighted by Crippen LogP contribution is -2.41. The van der Waals surface area contributed by atoms with Crippen molar-refractivity contribution in [1.82, 2.24) is 5.32 Å². The van der Waals surface area contributed by atoms with Crippen LogP contribution < -0.4 is 25.5 Å². The molecular weight excluding hydrogens is 487 g/mol. The number of aryl methyl sites for hydroxylation is 1. The van der Waals surface area contributed by atoms with Crippen LogP contribution >= 0.6 is 19.0 Å². The van der Waals surface area contributed by atoms with E-state index in [2.05, 4.69) is 16.7 Å². The number of amides is 1. The second kappa shape index (κ2) is 10.1. The average molecular weight is 512 g/mol. The van der Waals surface area contributed by atoms with Crippen molar-refractivity contribution in [1.29, 1.82) is 5.26 Å². The molecule has 0 saturated carbocycles. The smallest absolute Gasteiger partial charge is 0.244 e. The van der Waals surface area contributed by atoms with E-state index in [4.69, 9.17) is 21.0 Å². The summed E-state index contributed by atoms with van der Waals surface area (Å²) in [6.07, 6.45) is 3.47. The van der Waals surface area contributed by atoms with Crippen molar-refractivity contribution in [2.45, 2.75) is 25.2 Å². The van der Waals surface area contributed by atoms with Crippen molar-refractivity contribution < 1.29 is 23.5 Å². The van der Waals surface area contributed by atoms with E-state index in [1.54, 1.807) is 55.9 Å². The zero-order valence-corrected chi connectivity index (χ0v) is 21.1. The average Bonchev–Trinajstić information content (AvgIpc) is 3.26. The summed E-state index contributed by atoms with van der Waals surface area (Å²) in [5.74, 6) is -0.337. The van der Waals surface area contributed by atoms with Gasteiger partial charge in [0, 0.05) is 46.5 Å². The maximum atomic E-state index is 14.5. The van der Waals surface area contributed by atoms with E-state index in [1.165, 1.54) is 11.8 Å². The molecule has 0 radical (unpaired) electrons. The molecule has 3 aromatic rings. The van der Waals surface area contributed by atoms with Crippen LogP contribution in [0.3, 0.4) is 0 Å². The van der Waals surface area contributed by atoms with Crippen molar-refractivity contribution >= 4 is 35.9 Å². The van der Waals surface area contributed by atoms with Crippen LogP contribution in [0.5, 0.6) is 0 Å². The second-order valence-corrected chi connectivity index (χ2v) is 11.3. The van der Waals surface area contributed by atoms with Gasteiger partial charge in [0.25, 0.3) is 0 Å². The Morgan fingerprint density at radius 3 is 2.60 bits per heavy atom. The van der Waals surface area contributed by atoms with Crippen molar-refractivity contribution in [2.24, 2.45) is 0 Å². The molecule has 1 aliphatic heterocycles. The Bertz CT molecular complexity index is 1360. The molecule has 0 spiro atoms. The number of hydrogen-bond acceptors (Lipinski definition) is 6. The molecule has 3 atom stereocenters. The Morgan fingerprint density at radius 2 is 1.94 bits per heavy atom. The summed E-state index contributed by atoms with van der Waals surface area (Å²) in [4.78, 5) is 18.5. The fraction of sp³-hybridized carbons (Fsp3) is 0.240. The SMILES string of the molecule is CO[n+]1ccc(CNC(=O)C2Nc3ccc(Cl)cc3C2P(=O)(OC)c2cc(C)cc(C#N)c2)cc1. The third-order valence-corrected chi connectivity index (χ3v) is 9.04. The van der Waals surface area contributed by atoms with Gasteiger partial charge in [-0.25, -0.2) is 0 Å². The van der Waals surface area contributed by atoms with Crippen LogP contribution in [-0.2, 0) is 20.4 Å². The lowest BCUT2D eigenvalue weighted by Gasteiger charge is -2.28. The molecule has 3 unspecified atom stereocenters. The number of benzene rings is 2. The van der Waals surface area contributed by atoms with E-state index in [-0.39, 0.29) is 12.5 Å². The fourth-order valence-corrected chi connectivity index (χ4v) is 7.12. The molecule has 180 valence electrons. The highest BCUT2D eigenvalue weighted by Crippen LogP contribution is 2.64. The topological polar surface area (TPSA) is 104 Å². The summed E-state index contributed by atoms with van der Waals surface area (Å²) < 4.78 is 21.8. The molecular formula is C25H25ClN4O4P+. The Balaban J connectivity index is 1.71. The molecule has 1 amide bonds. The van der Waals surface area contributed by atoms with Gasteiger partial charge in [0.1, 0.15) is 13.2 Å². The van der Waals surface area contributed by atoms with Gasteiger partial charge in [-0.15, -0.1) is 0 Å². The van der Waals surface area contributed by atoms with Gasteiger partial charge < -0.3 is 15.2 Å². The lowest BCUT2D eigenvalue weighted by atomic mass is 10.1. The van der Waals surface area contributed by atoms with Crippen LogP contribution in [0, 0.1) is 18.3 Å². The number of nitrogens with one attached hydrogen (secondary N) is 2. The molecule has 0 aliphatic carbocycles. The van der Waals surface area contributed by atoms with Crippen LogP contribution in [0.25, 0.3) is 0 Å². The predicted molar refractivity (Wildman–Crippen MR) is 133 cm³/mol. The normalized spacial score (nSPS) is 18.0. The molecule has 1 aliphatic rings. The Hall–Kier alpha value is -3.37. The minimum atomic E-state index is -3.69. The fourth-order valence-electron chi connectivity index (χ4n) is 4.29. The van der Waals surface area contributed by atoms with Gasteiger partial charge >= 0.3 is 0 Å². The number of rotatable bonds is 7. The number of nitrogens with zero attached hydrogens (tertiary/aromatic N) is 2. The maximum absolute atomic E-state index is 14.5. The van der Waals surface area contributed by atoms with Crippen LogP contribution in [0.15, 0.2) is 60.9 Å². The summed E-state index contributed by atoms with van der Waals surface area (Å²) in [5, 5.41) is 16.4. The number of nitriles is 1. The summed E-state index contributed by atoms with van der Waals surface area (Å²) in [7, 11) is -0.771. The van der Waals surface area contributed by atoms with E-state index in [9.17, 15) is 14.6 Å². The van der Waals surface area contributed by atoms with Crippen molar-refractivity contribution in [3.63, 3.8) is 0 Å². The van der Waals surface area contributed by atoms with Gasteiger partial charge in [-0.05, 0) is 60.0 Å². The highest BCUT2D eigenvalue weighted by Gasteiger charge is 2.49. The minimum absolute atomic E-state index is 0.270. The molecule has 10 heteroatoms. The van der Waals surface area contributed by atoms with Crippen LogP contribution in [0.2, 0.25) is 5.02 Å². The van der Waals surface area contributed by atoms with Gasteiger partial charge in [0.2, 0.25) is 25.7 Å². The summed E-state index contributed by atoms with van der Waals surface area (Å²) in [6.45, 7) is 2.09. The van der Waals surface area contributed by atoms with Gasteiger partial charge in [-0.1, -0.05) is 11.6 Å². The van der Waals surface area contributed by atoms with Crippen molar-refractivity contribution in [3.8, 4) is 6.07 Å². The zero-order chi connectivity index (χ0) is 25.2. The van der Waals surface area contributed by atoms with Crippen LogP contribution in [0.4, 0.5) is 5.69 Å². The number of hydrogen-bond donors (Lipinski definition) is 2. The molecule has 0 fully saturated rings. The van der Waals surface area contributed by atoms with Crippen LogP contribution in [0.1, 0.15) is 27.9 Å². The minimum Gasteiger partial charge on any atom is -0.372 e. The number of anilines is 1. The third kappa shape index (κ3) is 4.89. The first-order valence-corrected chi connectivity index (χ1v) is 12.9. The number of fused-ring (bicyclic) bond motifs is 1. The number of pyridine rings is 1. The quantitative estimate of drug-likeness (QED) is 0.373. The third-order valence-electron chi connectivity index (χ3n) is 5.98. The first-order chi connectivity index (χ1) is 16.8. The Morgan fingerprint density at radius 1 is 1.20 bits per heavy atom. The molecule has 8 nitrogen and oxygen atoms in total. The number of carbonyl (C=O) groups excluding carboxylic acids is 1. The summed E-state index contributed by atoms with van der Waals surface area (Å²) in [5.41, 5.74) is 2.45. The first-order valence-electron chi connectivity index (χ1n) is 10.8. The van der Waals surface area contributed by atoms with Gasteiger partial charge in [0.15, 0.2) is 0 Å². The second-order valence-electron chi connectivity index (χ2n) is 8.21. The highest BCUT2D eigenvalue weighted by atomic mass is 35.5. The summed E-state index contributed by atoms with van der Waals surface area (Å²) in [6, 6.07) is 15.0. The number of carbonyl (C=O) groups is 1. The van der Waals surface area contributed by atoms with Crippen molar-refractivity contribution in [3.05, 3.63) is 88.2 Å². The molecule has 0 bridgehead atoms. The Kier molecular flexibility index (Phi) is 7.13. The van der Waals surface area contributed by atoms with E-state index in [1.807, 2.05) is 19.1 Å². The molecule has 2 N–H and O–H groups in total. The maximum Gasteiger partial charge on any atom is 0.244 e. The van der Waals surface area contributed by atoms with Gasteiger partial charge in [0.05, 0.1) is 17.3 Å². The monoisotopic (exact) mass is 511 g/mol. The first kappa shape index (κ1) is 24.7. The lowest BCUT2D eigenvalue weighted by molar-refractivity contribution is -0.885. The molecule has 1 aromatic heterocycles. The molecule has 4 rings (SSSR count). The van der Waals surface area contributed by atoms with Crippen LogP contribution in [-0.4, -0.2) is 26.2 Å². The highest BCUT2D eigenvalue weighted by molar-refractivity contribution is 7.67. The molecule has 35 heavy (non-hydrogen) atoms. The standard InChI is InChI=1S/C25H24ClN4O4P/c1-16-10-18(14-27)12-20(11-16)35(32,34-3)24-21-13-19(26)4-5-22(21)29-23(24)25(31)28-15-17-6-8-30(33-2)9-7-17/h4-13,23-24,29H,15H2,1-3H3/p+1. The molecule has 2 aromatic carbocycles. The Labute approximate surface area is 208 Å². The van der Waals surface area contributed by atoms with Crippen molar-refractivity contribution in [2.75, 3.05) is 19.5 Å². The van der Waals surface area contributed by atoms with Gasteiger partial charge in [-0.3, -0.25) is 14.2 Å². The van der Waals surface area contributed by atoms with E-state index in [0.29, 0.717) is 27.1 Å².